The van der Waals surface area contributed by atoms with Crippen molar-refractivity contribution in [1.29, 1.82) is 5.26 Å². The first-order valence-electron chi connectivity index (χ1n) is 14.5. The number of aromatic nitrogens is 2. The number of nitrogens with zero attached hydrogens (tertiary/aromatic N) is 5. The number of rotatable bonds is 10. The number of carbonyl (C=O) groups excluding carboxylic acids is 1. The molecule has 3 aromatic carbocycles. The van der Waals surface area contributed by atoms with Gasteiger partial charge in [0.25, 0.3) is 0 Å². The molecule has 0 amide bonds. The Morgan fingerprint density at radius 2 is 1.67 bits per heavy atom. The van der Waals surface area contributed by atoms with E-state index in [9.17, 15) is 9.00 Å². The van der Waals surface area contributed by atoms with E-state index in [1.807, 2.05) is 50.2 Å². The van der Waals surface area contributed by atoms with Gasteiger partial charge in [-0.1, -0.05) is 24.3 Å². The Kier molecular flexibility index (Phi) is 10.2. The normalized spacial score (nSPS) is 14.1. The van der Waals surface area contributed by atoms with Crippen LogP contribution in [0.1, 0.15) is 39.5 Å². The predicted octanol–water partition coefficient (Wildman–Crippen LogP) is 4.84. The minimum absolute atomic E-state index is 0.136. The second-order valence-corrected chi connectivity index (χ2v) is 11.7. The van der Waals surface area contributed by atoms with Crippen molar-refractivity contribution in [1.82, 2.24) is 14.9 Å². The molecular formula is C33H34N6O5S. The van der Waals surface area contributed by atoms with Gasteiger partial charge in [-0.2, -0.15) is 20.4 Å². The zero-order chi connectivity index (χ0) is 31.9. The number of hydrogen-bond acceptors (Lipinski definition) is 11. The van der Waals surface area contributed by atoms with Gasteiger partial charge in [0, 0.05) is 32.7 Å². The number of ether oxygens (including phenoxy) is 2. The summed E-state index contributed by atoms with van der Waals surface area (Å²) in [5.41, 5.74) is 5.55. The highest BCUT2D eigenvalue weighted by atomic mass is 32.2. The molecule has 45 heavy (non-hydrogen) atoms. The standard InChI is InChI=1S/C33H34N6O5S/c1-4-42-32(40)29-20-36-33(39-15-13-38(14-16-39)21-25-7-11-28(12-8-25)45(41)44-35)37-31(29)43-30-22(2)17-27(18-23(30)3)26-9-5-24(19-34)6-10-26/h5-12,17-18,20H,4,13-16,21,35H2,1-3H3. The average Bonchev–Trinajstić information content (AvgIpc) is 3.06. The van der Waals surface area contributed by atoms with Crippen molar-refractivity contribution < 1.29 is 22.8 Å². The lowest BCUT2D eigenvalue weighted by Crippen LogP contribution is -2.46. The maximum absolute atomic E-state index is 12.8. The van der Waals surface area contributed by atoms with E-state index in [4.69, 9.17) is 25.6 Å². The van der Waals surface area contributed by atoms with Gasteiger partial charge in [0.2, 0.25) is 22.9 Å². The monoisotopic (exact) mass is 626 g/mol. The van der Waals surface area contributed by atoms with Crippen LogP contribution < -0.4 is 15.5 Å². The minimum Gasteiger partial charge on any atom is -0.462 e. The highest BCUT2D eigenvalue weighted by Gasteiger charge is 2.24. The van der Waals surface area contributed by atoms with Crippen LogP contribution in [-0.4, -0.2) is 57.8 Å². The number of benzene rings is 3. The van der Waals surface area contributed by atoms with Gasteiger partial charge < -0.3 is 14.4 Å². The van der Waals surface area contributed by atoms with Gasteiger partial charge in [0.05, 0.1) is 29.3 Å². The number of esters is 1. The topological polar surface area (TPSA) is 144 Å². The molecule has 0 aliphatic carbocycles. The first-order chi connectivity index (χ1) is 21.8. The Bertz CT molecular complexity index is 1710. The summed E-state index contributed by atoms with van der Waals surface area (Å²) in [6.07, 6.45) is 1.47. The molecule has 1 aliphatic heterocycles. The highest BCUT2D eigenvalue weighted by molar-refractivity contribution is 7.80. The third kappa shape index (κ3) is 7.53. The van der Waals surface area contributed by atoms with Crippen LogP contribution in [0.5, 0.6) is 11.6 Å². The van der Waals surface area contributed by atoms with Gasteiger partial charge in [-0.05, 0) is 85.0 Å². The van der Waals surface area contributed by atoms with Crippen LogP contribution in [0.15, 0.2) is 71.8 Å². The van der Waals surface area contributed by atoms with Crippen molar-refractivity contribution in [2.45, 2.75) is 32.2 Å². The van der Waals surface area contributed by atoms with Gasteiger partial charge in [-0.15, -0.1) is 0 Å². The van der Waals surface area contributed by atoms with Gasteiger partial charge in [-0.25, -0.2) is 14.0 Å². The summed E-state index contributed by atoms with van der Waals surface area (Å²) in [6, 6.07) is 20.9. The van der Waals surface area contributed by atoms with E-state index < -0.39 is 17.0 Å². The number of nitriles is 1. The molecule has 5 rings (SSSR count). The molecule has 0 radical (unpaired) electrons. The van der Waals surface area contributed by atoms with Crippen LogP contribution in [0, 0.1) is 25.2 Å². The molecule has 1 aromatic heterocycles. The van der Waals surface area contributed by atoms with Gasteiger partial charge in [0.1, 0.15) is 11.3 Å². The van der Waals surface area contributed by atoms with E-state index in [0.29, 0.717) is 35.2 Å². The van der Waals surface area contributed by atoms with Crippen LogP contribution in [-0.2, 0) is 26.6 Å². The van der Waals surface area contributed by atoms with Crippen molar-refractivity contribution in [2.75, 3.05) is 37.7 Å². The molecule has 11 nitrogen and oxygen atoms in total. The largest absolute Gasteiger partial charge is 0.462 e. The second kappa shape index (κ2) is 14.4. The zero-order valence-electron chi connectivity index (χ0n) is 25.4. The fourth-order valence-corrected chi connectivity index (χ4v) is 5.64. The van der Waals surface area contributed by atoms with Gasteiger partial charge in [-0.3, -0.25) is 4.90 Å². The summed E-state index contributed by atoms with van der Waals surface area (Å²) < 4.78 is 27.7. The zero-order valence-corrected chi connectivity index (χ0v) is 26.2. The van der Waals surface area contributed by atoms with E-state index >= 15 is 0 Å². The van der Waals surface area contributed by atoms with E-state index in [2.05, 4.69) is 25.1 Å². The van der Waals surface area contributed by atoms with Crippen LogP contribution in [0.2, 0.25) is 0 Å². The molecule has 12 heteroatoms. The van der Waals surface area contributed by atoms with E-state index in [0.717, 1.165) is 47.5 Å². The molecule has 4 aromatic rings. The molecule has 1 atom stereocenters. The summed E-state index contributed by atoms with van der Waals surface area (Å²) in [4.78, 5) is 27.0. The Morgan fingerprint density at radius 3 is 2.27 bits per heavy atom. The molecule has 0 bridgehead atoms. The molecule has 1 fully saturated rings. The molecular weight excluding hydrogens is 592 g/mol. The second-order valence-electron chi connectivity index (χ2n) is 10.6. The fourth-order valence-electron chi connectivity index (χ4n) is 5.17. The molecule has 232 valence electrons. The summed E-state index contributed by atoms with van der Waals surface area (Å²) in [5.74, 6) is 5.67. The number of carbonyl (C=O) groups is 1. The van der Waals surface area contributed by atoms with Crippen molar-refractivity contribution in [3.63, 3.8) is 0 Å². The summed E-state index contributed by atoms with van der Waals surface area (Å²) in [5, 5.41) is 9.13. The van der Waals surface area contributed by atoms with Crippen molar-refractivity contribution in [3.05, 3.63) is 94.7 Å². The lowest BCUT2D eigenvalue weighted by Gasteiger charge is -2.34. The van der Waals surface area contributed by atoms with E-state index in [1.54, 1.807) is 31.2 Å². The lowest BCUT2D eigenvalue weighted by molar-refractivity contribution is 0.0522. The third-order valence-electron chi connectivity index (χ3n) is 7.51. The van der Waals surface area contributed by atoms with Crippen LogP contribution in [0.4, 0.5) is 5.95 Å². The van der Waals surface area contributed by atoms with Gasteiger partial charge in [0.15, 0.2) is 0 Å². The minimum atomic E-state index is -1.67. The van der Waals surface area contributed by atoms with Crippen molar-refractivity contribution in [3.8, 4) is 28.8 Å². The number of hydrogen-bond donors (Lipinski definition) is 1. The third-order valence-corrected chi connectivity index (χ3v) is 8.34. The van der Waals surface area contributed by atoms with Crippen LogP contribution in [0.3, 0.4) is 0 Å². The van der Waals surface area contributed by atoms with E-state index in [-0.39, 0.29) is 18.1 Å². The number of piperazine rings is 1. The number of aryl methyl sites for hydroxylation is 2. The van der Waals surface area contributed by atoms with Crippen LogP contribution >= 0.6 is 0 Å². The quantitative estimate of drug-likeness (QED) is 0.191. The maximum Gasteiger partial charge on any atom is 0.345 e. The molecule has 0 spiro atoms. The summed E-state index contributed by atoms with van der Waals surface area (Å²) in [6.45, 7) is 9.48. The molecule has 1 aliphatic rings. The van der Waals surface area contributed by atoms with Crippen molar-refractivity contribution >= 4 is 23.0 Å². The first kappa shape index (κ1) is 31.7. The van der Waals surface area contributed by atoms with Crippen LogP contribution in [0.25, 0.3) is 11.1 Å². The van der Waals surface area contributed by atoms with Gasteiger partial charge >= 0.3 is 5.97 Å². The smallest absolute Gasteiger partial charge is 0.345 e. The Labute approximate surface area is 264 Å². The molecule has 1 saturated heterocycles. The number of anilines is 1. The van der Waals surface area contributed by atoms with Crippen molar-refractivity contribution in [2.24, 2.45) is 5.90 Å². The first-order valence-corrected chi connectivity index (χ1v) is 15.6. The Balaban J connectivity index is 1.33. The molecule has 1 unspecified atom stereocenters. The number of nitrogens with two attached hydrogens (primary N) is 1. The molecule has 2 N–H and O–H groups in total. The SMILES string of the molecule is CCOC(=O)c1cnc(N2CCN(Cc3ccc(S(=O)ON)cc3)CC2)nc1Oc1c(C)cc(-c2ccc(C#N)cc2)cc1C. The molecule has 0 saturated carbocycles. The Hall–Kier alpha value is -4.67. The van der Waals surface area contributed by atoms with E-state index in [1.165, 1.54) is 6.20 Å². The average molecular weight is 627 g/mol. The predicted molar refractivity (Wildman–Crippen MR) is 170 cm³/mol. The summed E-state index contributed by atoms with van der Waals surface area (Å²) in [7, 11) is 0. The Morgan fingerprint density at radius 1 is 1.00 bits per heavy atom. The summed E-state index contributed by atoms with van der Waals surface area (Å²) >= 11 is -1.67. The molecule has 2 heterocycles. The fraction of sp³-hybridized carbons (Fsp3) is 0.273. The maximum atomic E-state index is 12.8. The lowest BCUT2D eigenvalue weighted by atomic mass is 9.99. The highest BCUT2D eigenvalue weighted by Crippen LogP contribution is 2.35.